The van der Waals surface area contributed by atoms with Crippen LogP contribution in [0.5, 0.6) is 5.88 Å². The van der Waals surface area contributed by atoms with Crippen molar-refractivity contribution in [3.63, 3.8) is 0 Å². The number of quaternary nitrogens is 1. The summed E-state index contributed by atoms with van der Waals surface area (Å²) in [6, 6.07) is 3.91. The fraction of sp³-hybridized carbons (Fsp3) is 0.500. The summed E-state index contributed by atoms with van der Waals surface area (Å²) in [5.74, 6) is 2.44. The van der Waals surface area contributed by atoms with Crippen molar-refractivity contribution < 1.29 is 14.4 Å². The number of fused-ring (bicyclic) bond motifs is 1. The van der Waals surface area contributed by atoms with E-state index in [1.54, 1.807) is 6.26 Å². The molecule has 1 unspecified atom stereocenters. The number of nitrogens with one attached hydrogen (secondary N) is 1. The summed E-state index contributed by atoms with van der Waals surface area (Å²) in [6.45, 7) is 6.30. The maximum atomic E-state index is 10.7. The van der Waals surface area contributed by atoms with E-state index in [1.807, 2.05) is 19.1 Å². The molecule has 4 rings (SSSR count). The molecule has 7 heteroatoms. The van der Waals surface area contributed by atoms with Crippen molar-refractivity contribution in [1.82, 2.24) is 14.6 Å². The summed E-state index contributed by atoms with van der Waals surface area (Å²) in [5, 5.41) is 15.0. The average Bonchev–Trinajstić information content (AvgIpc) is 3.21. The van der Waals surface area contributed by atoms with Crippen LogP contribution >= 0.6 is 11.3 Å². The molecule has 0 spiro atoms. The van der Waals surface area contributed by atoms with E-state index in [2.05, 4.69) is 17.0 Å². The topological polar surface area (TPSA) is 68.0 Å². The van der Waals surface area contributed by atoms with Crippen molar-refractivity contribution in [2.24, 2.45) is 5.92 Å². The molecule has 0 aromatic carbocycles. The first-order valence-electron chi connectivity index (χ1n) is 8.06. The van der Waals surface area contributed by atoms with E-state index >= 15 is 0 Å². The van der Waals surface area contributed by atoms with Gasteiger partial charge in [0, 0.05) is 5.92 Å². The minimum Gasteiger partial charge on any atom is -0.492 e. The van der Waals surface area contributed by atoms with Gasteiger partial charge in [-0.2, -0.15) is 4.52 Å². The highest BCUT2D eigenvalue weighted by Gasteiger charge is 2.36. The molecule has 122 valence electrons. The van der Waals surface area contributed by atoms with Crippen molar-refractivity contribution in [2.45, 2.75) is 32.7 Å². The van der Waals surface area contributed by atoms with Gasteiger partial charge in [-0.15, -0.1) is 5.10 Å². The minimum absolute atomic E-state index is 0.00144. The van der Waals surface area contributed by atoms with E-state index in [0.717, 1.165) is 28.7 Å². The second-order valence-electron chi connectivity index (χ2n) is 6.45. The van der Waals surface area contributed by atoms with Gasteiger partial charge in [-0.1, -0.05) is 18.3 Å². The van der Waals surface area contributed by atoms with Gasteiger partial charge in [0.2, 0.25) is 10.8 Å². The summed E-state index contributed by atoms with van der Waals surface area (Å²) in [4.78, 5) is 7.45. The molecule has 1 aliphatic rings. The Morgan fingerprint density at radius 3 is 3.09 bits per heavy atom. The highest BCUT2D eigenvalue weighted by molar-refractivity contribution is 7.17. The fourth-order valence-electron chi connectivity index (χ4n) is 3.60. The van der Waals surface area contributed by atoms with Crippen LogP contribution < -0.4 is 4.90 Å². The number of aromatic hydroxyl groups is 1. The molecule has 3 aromatic rings. The molecule has 0 amide bonds. The van der Waals surface area contributed by atoms with Gasteiger partial charge in [0.1, 0.15) is 10.7 Å². The van der Waals surface area contributed by atoms with Gasteiger partial charge >= 0.3 is 0 Å². The van der Waals surface area contributed by atoms with E-state index in [0.29, 0.717) is 11.7 Å². The maximum absolute atomic E-state index is 10.7. The van der Waals surface area contributed by atoms with E-state index in [1.165, 1.54) is 33.6 Å². The number of aromatic nitrogens is 3. The molecular weight excluding hydrogens is 312 g/mol. The van der Waals surface area contributed by atoms with Crippen LogP contribution in [0.4, 0.5) is 0 Å². The predicted molar refractivity (Wildman–Crippen MR) is 86.9 cm³/mol. The zero-order valence-electron chi connectivity index (χ0n) is 13.3. The van der Waals surface area contributed by atoms with E-state index in [9.17, 15) is 5.11 Å². The van der Waals surface area contributed by atoms with Crippen molar-refractivity contribution in [1.29, 1.82) is 0 Å². The molecule has 0 saturated carbocycles. The lowest BCUT2D eigenvalue weighted by atomic mass is 9.97. The Balaban J connectivity index is 1.80. The lowest BCUT2D eigenvalue weighted by molar-refractivity contribution is -0.934. The predicted octanol–water partition coefficient (Wildman–Crippen LogP) is 1.80. The molecule has 3 aromatic heterocycles. The van der Waals surface area contributed by atoms with Crippen molar-refractivity contribution >= 4 is 16.3 Å². The second-order valence-corrected chi connectivity index (χ2v) is 7.46. The standard InChI is InChI=1S/C16H20N4O2S/c1-10-5-3-7-19(9-10)13(12-6-4-8-22-12)14-15(21)20-16(23-14)17-11(2)18-20/h4,6,8,10,13,21H,3,5,7,9H2,1-2H3/p+1/t10-,13-/m0/s1. The normalized spacial score (nSPS) is 23.4. The number of thiazole rings is 1. The molecule has 2 N–H and O–H groups in total. The number of furan rings is 1. The third-order valence-electron chi connectivity index (χ3n) is 4.61. The summed E-state index contributed by atoms with van der Waals surface area (Å²) < 4.78 is 7.25. The van der Waals surface area contributed by atoms with Crippen molar-refractivity contribution in [3.05, 3.63) is 34.9 Å². The average molecular weight is 333 g/mol. The number of aryl methyl sites for hydroxylation is 1. The number of hydrogen-bond acceptors (Lipinski definition) is 5. The minimum atomic E-state index is 0.00144. The molecule has 6 nitrogen and oxygen atoms in total. The van der Waals surface area contributed by atoms with Crippen LogP contribution in [0.15, 0.2) is 22.8 Å². The first-order chi connectivity index (χ1) is 11.1. The summed E-state index contributed by atoms with van der Waals surface area (Å²) >= 11 is 1.50. The van der Waals surface area contributed by atoms with Gasteiger partial charge in [-0.05, 0) is 31.9 Å². The quantitative estimate of drug-likeness (QED) is 0.767. The Morgan fingerprint density at radius 2 is 2.39 bits per heavy atom. The molecule has 3 atom stereocenters. The Morgan fingerprint density at radius 1 is 1.52 bits per heavy atom. The van der Waals surface area contributed by atoms with Crippen LogP contribution in [-0.2, 0) is 0 Å². The molecule has 0 aliphatic carbocycles. The molecule has 23 heavy (non-hydrogen) atoms. The Kier molecular flexibility index (Phi) is 3.61. The van der Waals surface area contributed by atoms with Gasteiger partial charge in [0.15, 0.2) is 11.8 Å². The van der Waals surface area contributed by atoms with Gasteiger partial charge < -0.3 is 14.4 Å². The van der Waals surface area contributed by atoms with Gasteiger partial charge in [-0.25, -0.2) is 4.98 Å². The molecule has 1 fully saturated rings. The lowest BCUT2D eigenvalue weighted by Crippen LogP contribution is -3.13. The molecule has 0 radical (unpaired) electrons. The molecule has 0 bridgehead atoms. The number of piperidine rings is 1. The Bertz CT molecular complexity index is 808. The third-order valence-corrected chi connectivity index (χ3v) is 5.69. The summed E-state index contributed by atoms with van der Waals surface area (Å²) in [7, 11) is 0. The highest BCUT2D eigenvalue weighted by atomic mass is 32.1. The largest absolute Gasteiger partial charge is 0.492 e. The van der Waals surface area contributed by atoms with Gasteiger partial charge in [-0.3, -0.25) is 0 Å². The monoisotopic (exact) mass is 333 g/mol. The SMILES string of the molecule is Cc1nc2sc([C@H](c3ccco3)[NH+]3CCC[C@H](C)C3)c(O)n2n1. The van der Waals surface area contributed by atoms with Crippen LogP contribution in [0, 0.1) is 12.8 Å². The van der Waals surface area contributed by atoms with Crippen LogP contribution in [-0.4, -0.2) is 32.8 Å². The fourth-order valence-corrected chi connectivity index (χ4v) is 4.77. The lowest BCUT2D eigenvalue weighted by Gasteiger charge is -2.32. The molecule has 1 saturated heterocycles. The maximum Gasteiger partial charge on any atom is 0.235 e. The smallest absolute Gasteiger partial charge is 0.235 e. The van der Waals surface area contributed by atoms with Crippen LogP contribution in [0.2, 0.25) is 0 Å². The first-order valence-corrected chi connectivity index (χ1v) is 8.88. The molecule has 1 aliphatic heterocycles. The van der Waals surface area contributed by atoms with Crippen molar-refractivity contribution in [3.8, 4) is 5.88 Å². The van der Waals surface area contributed by atoms with Crippen LogP contribution in [0.1, 0.15) is 42.3 Å². The van der Waals surface area contributed by atoms with E-state index in [-0.39, 0.29) is 11.9 Å². The summed E-state index contributed by atoms with van der Waals surface area (Å²) in [5.41, 5.74) is 0. The molecule has 4 heterocycles. The zero-order valence-corrected chi connectivity index (χ0v) is 14.1. The van der Waals surface area contributed by atoms with Crippen LogP contribution in [0.3, 0.4) is 0 Å². The van der Waals surface area contributed by atoms with E-state index in [4.69, 9.17) is 4.42 Å². The first kappa shape index (κ1) is 14.7. The van der Waals surface area contributed by atoms with Crippen molar-refractivity contribution in [2.75, 3.05) is 13.1 Å². The van der Waals surface area contributed by atoms with Crippen LogP contribution in [0.25, 0.3) is 4.96 Å². The summed E-state index contributed by atoms with van der Waals surface area (Å²) in [6.07, 6.45) is 4.18. The number of rotatable bonds is 3. The third kappa shape index (κ3) is 2.53. The Labute approximate surface area is 138 Å². The highest BCUT2D eigenvalue weighted by Crippen LogP contribution is 2.35. The van der Waals surface area contributed by atoms with Gasteiger partial charge in [0.25, 0.3) is 0 Å². The van der Waals surface area contributed by atoms with E-state index < -0.39 is 0 Å². The zero-order chi connectivity index (χ0) is 16.0. The Hall–Kier alpha value is -1.86. The van der Waals surface area contributed by atoms with Gasteiger partial charge in [0.05, 0.1) is 19.4 Å². The second kappa shape index (κ2) is 5.65. The molecular formula is C16H21N4O2S+. The number of hydrogen-bond donors (Lipinski definition) is 2. The number of likely N-dealkylation sites (tertiary alicyclic amines) is 1. The number of nitrogens with zero attached hydrogens (tertiary/aromatic N) is 3.